The second-order valence-corrected chi connectivity index (χ2v) is 15.4. The molecule has 3 heterocycles. The third-order valence-corrected chi connectivity index (χ3v) is 10.6. The van der Waals surface area contributed by atoms with Gasteiger partial charge in [0.15, 0.2) is 5.96 Å². The van der Waals surface area contributed by atoms with E-state index in [9.17, 15) is 33.9 Å². The van der Waals surface area contributed by atoms with Crippen LogP contribution < -0.4 is 38.9 Å². The number of nitrogens with two attached hydrogens (primary N) is 4. The van der Waals surface area contributed by atoms with Crippen LogP contribution in [0.2, 0.25) is 0 Å². The van der Waals surface area contributed by atoms with Gasteiger partial charge in [-0.05, 0) is 88.3 Å². The van der Waals surface area contributed by atoms with Crippen LogP contribution in [0.1, 0.15) is 83.6 Å². The van der Waals surface area contributed by atoms with Crippen LogP contribution in [0, 0.1) is 5.92 Å². The molecule has 2 aliphatic heterocycles. The highest BCUT2D eigenvalue weighted by Gasteiger charge is 2.41. The molecule has 18 nitrogen and oxygen atoms in total. The first kappa shape index (κ1) is 44.5. The van der Waals surface area contributed by atoms with Gasteiger partial charge in [0.25, 0.3) is 0 Å². The number of aliphatic imine (C=N–C) groups is 1. The maximum atomic E-state index is 14.2. The van der Waals surface area contributed by atoms with Gasteiger partial charge < -0.3 is 58.8 Å². The topological polar surface area (TPSA) is 297 Å². The number of likely N-dealkylation sites (tertiary alicyclic amines) is 2. The Kier molecular flexibility index (Phi) is 16.7. The van der Waals surface area contributed by atoms with E-state index in [1.54, 1.807) is 6.20 Å². The Balaban J connectivity index is 1.44. The quantitative estimate of drug-likeness (QED) is 0.0452. The molecule has 57 heavy (non-hydrogen) atoms. The molecule has 5 amide bonds. The smallest absolute Gasteiger partial charge is 0.326 e. The maximum Gasteiger partial charge on any atom is 0.326 e. The van der Waals surface area contributed by atoms with E-state index in [0.717, 1.165) is 16.5 Å². The minimum absolute atomic E-state index is 0.0227. The monoisotopic (exact) mass is 795 g/mol. The van der Waals surface area contributed by atoms with Crippen molar-refractivity contribution in [3.8, 4) is 0 Å². The standard InChI is InChI=1S/C39H61N11O7/c1-23(2)20-29(47-34(52)31-14-8-18-49(31)36(54)26(41)11-7-17-44-39(42)43)33(51)46-28(13-5-6-16-40)37(55)50-19-9-15-32(50)35(53)48-30(38(56)57)21-24-22-45-27-12-4-3-10-25(24)27/h3-4,10,12,22-23,26,28-32,45H,5-9,11,13-21,40-41H2,1-2H3,(H,46,51)(H,47,52)(H,48,53)(H,56,57)(H4,42,43,44)/t26-,28-,29-,30?,31?,32-/m0/s1. The van der Waals surface area contributed by atoms with Crippen molar-refractivity contribution < 1.29 is 33.9 Å². The number of amides is 5. The molecule has 13 N–H and O–H groups in total. The Hall–Kier alpha value is -5.23. The second-order valence-electron chi connectivity index (χ2n) is 15.4. The number of carbonyl (C=O) groups excluding carboxylic acids is 5. The van der Waals surface area contributed by atoms with E-state index < -0.39 is 65.8 Å². The van der Waals surface area contributed by atoms with Gasteiger partial charge in [-0.15, -0.1) is 0 Å². The number of carboxylic acid groups (broad SMARTS) is 1. The van der Waals surface area contributed by atoms with Gasteiger partial charge in [0.2, 0.25) is 29.5 Å². The first-order valence-electron chi connectivity index (χ1n) is 20.0. The molecule has 6 atom stereocenters. The summed E-state index contributed by atoms with van der Waals surface area (Å²) in [4.78, 5) is 91.1. The van der Waals surface area contributed by atoms with Crippen molar-refractivity contribution in [2.75, 3.05) is 26.2 Å². The molecule has 2 aliphatic rings. The number of H-pyrrole nitrogens is 1. The van der Waals surface area contributed by atoms with Crippen LogP contribution in [0.3, 0.4) is 0 Å². The average Bonchev–Trinajstić information content (AvgIpc) is 3.95. The molecule has 2 fully saturated rings. The summed E-state index contributed by atoms with van der Waals surface area (Å²) in [7, 11) is 0. The summed E-state index contributed by atoms with van der Waals surface area (Å²) in [5.74, 6) is -3.77. The Labute approximate surface area is 333 Å². The number of carbonyl (C=O) groups is 6. The fraction of sp³-hybridized carbons (Fsp3) is 0.615. The number of nitrogens with one attached hydrogen (secondary N) is 4. The molecule has 2 unspecified atom stereocenters. The molecule has 314 valence electrons. The van der Waals surface area contributed by atoms with Crippen LogP contribution in [0.5, 0.6) is 0 Å². The molecule has 0 radical (unpaired) electrons. The van der Waals surface area contributed by atoms with Crippen molar-refractivity contribution in [3.05, 3.63) is 36.0 Å². The number of unbranched alkanes of at least 4 members (excludes halogenated alkanes) is 1. The summed E-state index contributed by atoms with van der Waals surface area (Å²) < 4.78 is 0. The minimum Gasteiger partial charge on any atom is -0.480 e. The number of hydrogen-bond donors (Lipinski definition) is 9. The van der Waals surface area contributed by atoms with E-state index in [2.05, 4.69) is 25.9 Å². The number of rotatable bonds is 21. The summed E-state index contributed by atoms with van der Waals surface area (Å²) in [6.45, 7) is 5.09. The summed E-state index contributed by atoms with van der Waals surface area (Å²) in [5, 5.41) is 19.3. The second kappa shape index (κ2) is 21.3. The molecule has 0 bridgehead atoms. The lowest BCUT2D eigenvalue weighted by Gasteiger charge is -2.31. The number of aromatic amines is 1. The van der Waals surface area contributed by atoms with Gasteiger partial charge in [-0.25, -0.2) is 4.79 Å². The first-order valence-corrected chi connectivity index (χ1v) is 20.0. The number of fused-ring (bicyclic) bond motifs is 1. The lowest BCUT2D eigenvalue weighted by atomic mass is 10.0. The van der Waals surface area contributed by atoms with E-state index in [4.69, 9.17) is 22.9 Å². The van der Waals surface area contributed by atoms with E-state index >= 15 is 0 Å². The van der Waals surface area contributed by atoms with Gasteiger partial charge in [0.1, 0.15) is 30.2 Å². The minimum atomic E-state index is -1.24. The molecule has 2 saturated heterocycles. The molecule has 1 aromatic heterocycles. The highest BCUT2D eigenvalue weighted by molar-refractivity contribution is 5.97. The number of hydrogen-bond acceptors (Lipinski definition) is 9. The summed E-state index contributed by atoms with van der Waals surface area (Å²) >= 11 is 0. The fourth-order valence-electron chi connectivity index (χ4n) is 7.64. The number of nitrogens with zero attached hydrogens (tertiary/aromatic N) is 3. The number of aliphatic carboxylic acids is 1. The lowest BCUT2D eigenvalue weighted by molar-refractivity contribution is -0.145. The lowest BCUT2D eigenvalue weighted by Crippen LogP contribution is -2.59. The van der Waals surface area contributed by atoms with Crippen molar-refractivity contribution in [2.24, 2.45) is 33.8 Å². The van der Waals surface area contributed by atoms with E-state index in [-0.39, 0.29) is 43.6 Å². The highest BCUT2D eigenvalue weighted by atomic mass is 16.4. The first-order chi connectivity index (χ1) is 27.2. The van der Waals surface area contributed by atoms with Gasteiger partial charge in [0.05, 0.1) is 6.04 Å². The highest BCUT2D eigenvalue weighted by Crippen LogP contribution is 2.23. The molecule has 18 heteroatoms. The molecule has 1 aromatic carbocycles. The Bertz CT molecular complexity index is 1740. The van der Waals surface area contributed by atoms with E-state index in [1.165, 1.54) is 9.80 Å². The van der Waals surface area contributed by atoms with Crippen molar-refractivity contribution >= 4 is 52.4 Å². The Morgan fingerprint density at radius 1 is 0.860 bits per heavy atom. The number of para-hydroxylation sites is 1. The molecule has 0 saturated carbocycles. The summed E-state index contributed by atoms with van der Waals surface area (Å²) in [6, 6.07) is 1.56. The zero-order valence-electron chi connectivity index (χ0n) is 33.1. The van der Waals surface area contributed by atoms with Crippen molar-refractivity contribution in [1.82, 2.24) is 30.7 Å². The Morgan fingerprint density at radius 2 is 1.49 bits per heavy atom. The van der Waals surface area contributed by atoms with Gasteiger partial charge in [-0.3, -0.25) is 29.0 Å². The van der Waals surface area contributed by atoms with Crippen molar-refractivity contribution in [2.45, 2.75) is 121 Å². The van der Waals surface area contributed by atoms with E-state index in [1.807, 2.05) is 38.1 Å². The summed E-state index contributed by atoms with van der Waals surface area (Å²) in [5.41, 5.74) is 24.3. The van der Waals surface area contributed by atoms with Crippen LogP contribution in [0.4, 0.5) is 0 Å². The molecular formula is C39H61N11O7. The van der Waals surface area contributed by atoms with Crippen LogP contribution in [-0.2, 0) is 35.2 Å². The number of carboxylic acids is 1. The molecule has 4 rings (SSSR count). The number of aromatic nitrogens is 1. The molecule has 0 spiro atoms. The van der Waals surface area contributed by atoms with Crippen LogP contribution >= 0.6 is 0 Å². The maximum absolute atomic E-state index is 14.2. The zero-order chi connectivity index (χ0) is 41.6. The van der Waals surface area contributed by atoms with Crippen LogP contribution in [-0.4, -0.2) is 124 Å². The SMILES string of the molecule is CC(C)C[C@H](NC(=O)C1CCCN1C(=O)[C@@H](N)CCCN=C(N)N)C(=O)N[C@@H](CCCCN)C(=O)N1CCC[C@H]1C(=O)NC(Cc1c[nH]c2ccccc12)C(=O)O. The van der Waals surface area contributed by atoms with Crippen molar-refractivity contribution in [3.63, 3.8) is 0 Å². The molecule has 2 aromatic rings. The largest absolute Gasteiger partial charge is 0.480 e. The Morgan fingerprint density at radius 3 is 2.11 bits per heavy atom. The zero-order valence-corrected chi connectivity index (χ0v) is 33.1. The molecular weight excluding hydrogens is 734 g/mol. The fourth-order valence-corrected chi connectivity index (χ4v) is 7.64. The molecule has 0 aliphatic carbocycles. The van der Waals surface area contributed by atoms with E-state index in [0.29, 0.717) is 71.0 Å². The van der Waals surface area contributed by atoms with Crippen molar-refractivity contribution in [1.29, 1.82) is 0 Å². The predicted molar refractivity (Wildman–Crippen MR) is 215 cm³/mol. The number of guanidine groups is 1. The number of benzene rings is 1. The van der Waals surface area contributed by atoms with Gasteiger partial charge >= 0.3 is 5.97 Å². The average molecular weight is 796 g/mol. The van der Waals surface area contributed by atoms with Crippen LogP contribution in [0.15, 0.2) is 35.5 Å². The summed E-state index contributed by atoms with van der Waals surface area (Å²) in [6.07, 6.45) is 5.97. The third-order valence-electron chi connectivity index (χ3n) is 10.6. The van der Waals surface area contributed by atoms with Gasteiger partial charge in [0, 0.05) is 43.2 Å². The van der Waals surface area contributed by atoms with Gasteiger partial charge in [-0.1, -0.05) is 32.0 Å². The van der Waals surface area contributed by atoms with Crippen LogP contribution in [0.25, 0.3) is 10.9 Å². The normalized spacial score (nSPS) is 18.8. The predicted octanol–water partition coefficient (Wildman–Crippen LogP) is -0.213. The third kappa shape index (κ3) is 12.4. The van der Waals surface area contributed by atoms with Gasteiger partial charge in [-0.2, -0.15) is 0 Å².